The molecule has 1 aliphatic heterocycles. The predicted molar refractivity (Wildman–Crippen MR) is 115 cm³/mol. The Balaban J connectivity index is 1.34. The van der Waals surface area contributed by atoms with E-state index in [2.05, 4.69) is 46.5 Å². The summed E-state index contributed by atoms with van der Waals surface area (Å²) in [6.45, 7) is 1.92. The van der Waals surface area contributed by atoms with Gasteiger partial charge in [-0.3, -0.25) is 0 Å². The highest BCUT2D eigenvalue weighted by atomic mass is 35.5. The van der Waals surface area contributed by atoms with Gasteiger partial charge < -0.3 is 10.2 Å². The van der Waals surface area contributed by atoms with Gasteiger partial charge in [0, 0.05) is 30.9 Å². The fourth-order valence-electron chi connectivity index (χ4n) is 2.73. The molecule has 4 rings (SSSR count). The summed E-state index contributed by atoms with van der Waals surface area (Å²) >= 11 is 9.48. The van der Waals surface area contributed by atoms with Crippen molar-refractivity contribution >= 4 is 60.9 Å². The van der Waals surface area contributed by atoms with Crippen LogP contribution in [0.25, 0.3) is 10.2 Å². The van der Waals surface area contributed by atoms with Gasteiger partial charge in [0.25, 0.3) is 0 Å². The van der Waals surface area contributed by atoms with Crippen molar-refractivity contribution in [2.45, 2.75) is 6.42 Å². The van der Waals surface area contributed by atoms with Crippen LogP contribution in [0.5, 0.6) is 0 Å². The Hall–Kier alpha value is -1.76. The summed E-state index contributed by atoms with van der Waals surface area (Å²) in [5.41, 5.74) is 3.29. The third kappa shape index (κ3) is 4.14. The molecule has 1 fully saturated rings. The lowest BCUT2D eigenvalue weighted by atomic mass is 10.1. The van der Waals surface area contributed by atoms with Crippen molar-refractivity contribution in [1.82, 2.24) is 9.88 Å². The number of anilines is 1. The van der Waals surface area contributed by atoms with Gasteiger partial charge >= 0.3 is 0 Å². The van der Waals surface area contributed by atoms with Gasteiger partial charge in [0.05, 0.1) is 15.9 Å². The first-order chi connectivity index (χ1) is 12.7. The number of hydrogen-bond donors (Lipinski definition) is 1. The van der Waals surface area contributed by atoms with Crippen LogP contribution < -0.4 is 5.32 Å². The summed E-state index contributed by atoms with van der Waals surface area (Å²) in [5.74, 6) is 1.12. The highest BCUT2D eigenvalue weighted by molar-refractivity contribution is 8.14. The molecule has 4 nitrogen and oxygen atoms in total. The maximum atomic E-state index is 6.03. The number of fused-ring (bicyclic) bond motifs is 1. The van der Waals surface area contributed by atoms with E-state index in [4.69, 9.17) is 16.6 Å². The van der Waals surface area contributed by atoms with E-state index in [1.54, 1.807) is 11.3 Å². The Morgan fingerprint density at radius 1 is 1.23 bits per heavy atom. The minimum Gasteiger partial charge on any atom is -0.361 e. The molecule has 0 radical (unpaired) electrons. The molecule has 134 valence electrons. The maximum absolute atomic E-state index is 6.03. The molecule has 2 heterocycles. The molecular formula is C19H19ClN4S2. The number of aliphatic imine (C=N–C) groups is 1. The molecule has 1 aromatic heterocycles. The van der Waals surface area contributed by atoms with E-state index in [0.717, 1.165) is 56.5 Å². The fourth-order valence-corrected chi connectivity index (χ4v) is 4.93. The zero-order chi connectivity index (χ0) is 17.9. The minimum absolute atomic E-state index is 0.749. The predicted octanol–water partition coefficient (Wildman–Crippen LogP) is 5.27. The van der Waals surface area contributed by atoms with Crippen molar-refractivity contribution < 1.29 is 0 Å². The van der Waals surface area contributed by atoms with Crippen molar-refractivity contribution in [3.05, 3.63) is 53.1 Å². The van der Waals surface area contributed by atoms with Gasteiger partial charge in [-0.05, 0) is 42.3 Å². The second-order valence-corrected chi connectivity index (χ2v) is 8.67. The second-order valence-electron chi connectivity index (χ2n) is 6.14. The molecule has 3 aromatic rings. The Labute approximate surface area is 166 Å². The summed E-state index contributed by atoms with van der Waals surface area (Å²) in [4.78, 5) is 11.5. The maximum Gasteiger partial charge on any atom is 0.183 e. The summed E-state index contributed by atoms with van der Waals surface area (Å²) in [5, 5.41) is 6.20. The molecule has 2 aromatic carbocycles. The van der Waals surface area contributed by atoms with E-state index in [1.807, 2.05) is 30.0 Å². The number of hydrogen-bond acceptors (Lipinski definition) is 5. The van der Waals surface area contributed by atoms with Gasteiger partial charge in [0.15, 0.2) is 10.3 Å². The lowest BCUT2D eigenvalue weighted by molar-refractivity contribution is 0.563. The van der Waals surface area contributed by atoms with E-state index < -0.39 is 0 Å². The summed E-state index contributed by atoms with van der Waals surface area (Å²) in [7, 11) is 2.09. The molecule has 0 unspecified atom stereocenters. The molecule has 0 aliphatic carbocycles. The molecule has 1 aliphatic rings. The van der Waals surface area contributed by atoms with Crippen LogP contribution in [0.2, 0.25) is 5.02 Å². The van der Waals surface area contributed by atoms with Gasteiger partial charge in [-0.15, -0.1) is 0 Å². The zero-order valence-electron chi connectivity index (χ0n) is 14.4. The van der Waals surface area contributed by atoms with Crippen LogP contribution in [-0.4, -0.2) is 40.9 Å². The van der Waals surface area contributed by atoms with Crippen LogP contribution >= 0.6 is 34.7 Å². The Bertz CT molecular complexity index is 936. The van der Waals surface area contributed by atoms with Gasteiger partial charge in [-0.2, -0.15) is 0 Å². The first-order valence-corrected chi connectivity index (χ1v) is 10.7. The van der Waals surface area contributed by atoms with Crippen molar-refractivity contribution in [3.63, 3.8) is 0 Å². The number of thioether (sulfide) groups is 1. The van der Waals surface area contributed by atoms with Crippen molar-refractivity contribution in [2.75, 3.05) is 31.2 Å². The van der Waals surface area contributed by atoms with Gasteiger partial charge in [0.2, 0.25) is 0 Å². The molecule has 0 saturated carbocycles. The summed E-state index contributed by atoms with van der Waals surface area (Å²) in [6.07, 6.45) is 0.947. The molecule has 0 bridgehead atoms. The van der Waals surface area contributed by atoms with Gasteiger partial charge in [-0.25, -0.2) is 9.98 Å². The number of nitrogens with one attached hydrogen (secondary N) is 1. The number of nitrogens with zero attached hydrogens (tertiary/aromatic N) is 3. The van der Waals surface area contributed by atoms with Crippen molar-refractivity contribution in [3.8, 4) is 0 Å². The number of rotatable bonds is 5. The van der Waals surface area contributed by atoms with Crippen LogP contribution in [0.15, 0.2) is 47.5 Å². The number of benzene rings is 2. The SMILES string of the molecule is CN1CCSC1=Nc1ccc(CCNc2nc3ccc(Cl)cc3s2)cc1. The van der Waals surface area contributed by atoms with Crippen LogP contribution in [0.3, 0.4) is 0 Å². The van der Waals surface area contributed by atoms with Crippen LogP contribution in [0, 0.1) is 0 Å². The summed E-state index contributed by atoms with van der Waals surface area (Å²) < 4.78 is 1.11. The van der Waals surface area contributed by atoms with Crippen molar-refractivity contribution in [1.29, 1.82) is 0 Å². The van der Waals surface area contributed by atoms with E-state index in [1.165, 1.54) is 5.56 Å². The molecule has 1 N–H and O–H groups in total. The van der Waals surface area contributed by atoms with Crippen molar-refractivity contribution in [2.24, 2.45) is 4.99 Å². The third-order valence-electron chi connectivity index (χ3n) is 4.19. The normalized spacial score (nSPS) is 15.9. The molecule has 0 atom stereocenters. The highest BCUT2D eigenvalue weighted by Gasteiger charge is 2.14. The highest BCUT2D eigenvalue weighted by Crippen LogP contribution is 2.28. The molecule has 0 amide bonds. The van der Waals surface area contributed by atoms with Crippen LogP contribution in [0.4, 0.5) is 10.8 Å². The smallest absolute Gasteiger partial charge is 0.183 e. The standard InChI is InChI=1S/C19H19ClN4S2/c1-24-10-11-25-19(24)22-15-5-2-13(3-6-15)8-9-21-18-23-16-7-4-14(20)12-17(16)26-18/h2-7,12H,8-11H2,1H3,(H,21,23). The Morgan fingerprint density at radius 3 is 2.85 bits per heavy atom. The average molecular weight is 403 g/mol. The molecule has 0 spiro atoms. The lowest BCUT2D eigenvalue weighted by Gasteiger charge is -2.09. The van der Waals surface area contributed by atoms with E-state index in [9.17, 15) is 0 Å². The quantitative estimate of drug-likeness (QED) is 0.631. The number of thiazole rings is 1. The molecule has 7 heteroatoms. The first kappa shape index (κ1) is 17.6. The fraction of sp³-hybridized carbons (Fsp3) is 0.263. The first-order valence-electron chi connectivity index (χ1n) is 8.49. The Morgan fingerprint density at radius 2 is 2.08 bits per heavy atom. The number of amidine groups is 1. The lowest BCUT2D eigenvalue weighted by Crippen LogP contribution is -2.17. The molecular weight excluding hydrogens is 384 g/mol. The van der Waals surface area contributed by atoms with E-state index >= 15 is 0 Å². The topological polar surface area (TPSA) is 40.5 Å². The summed E-state index contributed by atoms with van der Waals surface area (Å²) in [6, 6.07) is 14.3. The largest absolute Gasteiger partial charge is 0.361 e. The van der Waals surface area contributed by atoms with Crippen LogP contribution in [0.1, 0.15) is 5.56 Å². The molecule has 26 heavy (non-hydrogen) atoms. The number of halogens is 1. The third-order valence-corrected chi connectivity index (χ3v) is 6.44. The van der Waals surface area contributed by atoms with Gasteiger partial charge in [-0.1, -0.05) is 46.8 Å². The van der Waals surface area contributed by atoms with Crippen LogP contribution in [-0.2, 0) is 6.42 Å². The minimum atomic E-state index is 0.749. The average Bonchev–Trinajstić information content (AvgIpc) is 3.22. The van der Waals surface area contributed by atoms with Gasteiger partial charge in [0.1, 0.15) is 0 Å². The second kappa shape index (κ2) is 7.86. The molecule has 1 saturated heterocycles. The zero-order valence-corrected chi connectivity index (χ0v) is 16.8. The monoisotopic (exact) mass is 402 g/mol. The Kier molecular flexibility index (Phi) is 5.33. The van der Waals surface area contributed by atoms with E-state index in [-0.39, 0.29) is 0 Å². The van der Waals surface area contributed by atoms with E-state index in [0.29, 0.717) is 0 Å². The number of aromatic nitrogens is 1.